The summed E-state index contributed by atoms with van der Waals surface area (Å²) in [5.74, 6) is 1.08. The molecule has 2 fully saturated rings. The molecule has 1 saturated heterocycles. The van der Waals surface area contributed by atoms with E-state index in [2.05, 4.69) is 6.92 Å². The monoisotopic (exact) mass is 378 g/mol. The van der Waals surface area contributed by atoms with E-state index in [0.29, 0.717) is 5.92 Å². The number of benzene rings is 1. The minimum atomic E-state index is -0.721. The second-order valence-electron chi connectivity index (χ2n) is 9.00. The molecule has 1 aromatic carbocycles. The van der Waals surface area contributed by atoms with Crippen molar-refractivity contribution < 1.29 is 8.78 Å². The summed E-state index contributed by atoms with van der Waals surface area (Å²) in [7, 11) is -0.583. The van der Waals surface area contributed by atoms with Crippen LogP contribution in [0.2, 0.25) is 18.1 Å². The van der Waals surface area contributed by atoms with E-state index in [1.807, 2.05) is 0 Å². The molecule has 0 bridgehead atoms. The first-order chi connectivity index (χ1) is 12.7. The molecule has 3 heteroatoms. The zero-order chi connectivity index (χ0) is 18.4. The fourth-order valence-electron chi connectivity index (χ4n) is 5.32. The van der Waals surface area contributed by atoms with Crippen LogP contribution in [0.25, 0.3) is 0 Å². The van der Waals surface area contributed by atoms with Gasteiger partial charge in [0.25, 0.3) is 0 Å². The number of halogens is 2. The molecule has 1 aromatic rings. The zero-order valence-corrected chi connectivity index (χ0v) is 17.6. The molecular formula is C23H36F2Si. The second-order valence-corrected chi connectivity index (χ2v) is 12.5. The van der Waals surface area contributed by atoms with E-state index in [9.17, 15) is 8.78 Å². The molecule has 146 valence electrons. The number of hydrogen-bond donors (Lipinski definition) is 0. The van der Waals surface area contributed by atoms with Crippen LogP contribution in [0.15, 0.2) is 18.2 Å². The Morgan fingerprint density at radius 3 is 2.15 bits per heavy atom. The third kappa shape index (κ3) is 5.64. The molecule has 26 heavy (non-hydrogen) atoms. The van der Waals surface area contributed by atoms with Gasteiger partial charge in [0.15, 0.2) is 11.6 Å². The number of hydrogen-bond acceptors (Lipinski definition) is 0. The quantitative estimate of drug-likeness (QED) is 0.432. The van der Waals surface area contributed by atoms with Gasteiger partial charge in [-0.15, -0.1) is 0 Å². The molecule has 0 nitrogen and oxygen atoms in total. The molecule has 0 aromatic heterocycles. The first-order valence-corrected chi connectivity index (χ1v) is 13.6. The Bertz CT molecular complexity index is 543. The maximum Gasteiger partial charge on any atom is 0.159 e. The Kier molecular flexibility index (Phi) is 7.72. The van der Waals surface area contributed by atoms with Crippen molar-refractivity contribution in [3.05, 3.63) is 35.4 Å². The van der Waals surface area contributed by atoms with E-state index in [1.54, 1.807) is 6.07 Å². The summed E-state index contributed by atoms with van der Waals surface area (Å²) in [6.07, 6.45) is 14.0. The number of unbranched alkanes of at least 4 members (excludes halogenated alkanes) is 1. The molecule has 1 aliphatic heterocycles. The molecule has 0 atom stereocenters. The lowest BCUT2D eigenvalue weighted by atomic mass is 9.79. The average Bonchev–Trinajstić information content (AvgIpc) is 2.68. The normalized spacial score (nSPS) is 29.7. The summed E-state index contributed by atoms with van der Waals surface area (Å²) in [6, 6.07) is 8.84. The summed E-state index contributed by atoms with van der Waals surface area (Å²) < 4.78 is 26.6. The zero-order valence-electron chi connectivity index (χ0n) is 16.5. The van der Waals surface area contributed by atoms with Crippen molar-refractivity contribution in [2.75, 3.05) is 0 Å². The Morgan fingerprint density at radius 1 is 0.885 bits per heavy atom. The summed E-state index contributed by atoms with van der Waals surface area (Å²) in [5, 5.41) is 0. The molecular weight excluding hydrogens is 342 g/mol. The standard InChI is InChI=1S/C23H36F2Si/c1-2-3-4-18-5-7-19(8-6-18)11-14-26-15-12-20(13-16-26)21-9-10-22(24)23(25)17-21/h9-10,17-20,26H,2-8,11-16H2,1H3. The molecule has 0 N–H and O–H groups in total. The largest absolute Gasteiger partial charge is 0.204 e. The van der Waals surface area contributed by atoms with Crippen molar-refractivity contribution in [1.82, 2.24) is 0 Å². The molecule has 0 spiro atoms. The van der Waals surface area contributed by atoms with E-state index < -0.39 is 20.4 Å². The predicted octanol–water partition coefficient (Wildman–Crippen LogP) is 7.46. The van der Waals surface area contributed by atoms with Crippen molar-refractivity contribution in [3.63, 3.8) is 0 Å². The summed E-state index contributed by atoms with van der Waals surface area (Å²) in [5.41, 5.74) is 1.02. The van der Waals surface area contributed by atoms with Gasteiger partial charge >= 0.3 is 0 Å². The highest BCUT2D eigenvalue weighted by Gasteiger charge is 2.26. The van der Waals surface area contributed by atoms with Crippen LogP contribution >= 0.6 is 0 Å². The lowest BCUT2D eigenvalue weighted by Crippen LogP contribution is -2.22. The highest BCUT2D eigenvalue weighted by atomic mass is 28.3. The number of rotatable bonds is 7. The molecule has 0 amide bonds. The molecule has 0 radical (unpaired) electrons. The van der Waals surface area contributed by atoms with Crippen LogP contribution in [0.1, 0.15) is 82.6 Å². The Hall–Kier alpha value is -0.703. The van der Waals surface area contributed by atoms with Crippen molar-refractivity contribution in [1.29, 1.82) is 0 Å². The van der Waals surface area contributed by atoms with Gasteiger partial charge in [-0.05, 0) is 48.3 Å². The van der Waals surface area contributed by atoms with Crippen molar-refractivity contribution >= 4 is 8.80 Å². The van der Waals surface area contributed by atoms with Crippen molar-refractivity contribution in [2.45, 2.75) is 95.2 Å². The van der Waals surface area contributed by atoms with Gasteiger partial charge in [-0.3, -0.25) is 0 Å². The van der Waals surface area contributed by atoms with Gasteiger partial charge in [0, 0.05) is 8.80 Å². The van der Waals surface area contributed by atoms with Crippen molar-refractivity contribution in [2.24, 2.45) is 11.8 Å². The molecule has 2 aliphatic rings. The lowest BCUT2D eigenvalue weighted by molar-refractivity contribution is 0.254. The maximum atomic E-state index is 13.5. The maximum absolute atomic E-state index is 13.5. The fraction of sp³-hybridized carbons (Fsp3) is 0.739. The van der Waals surface area contributed by atoms with E-state index in [4.69, 9.17) is 0 Å². The van der Waals surface area contributed by atoms with Crippen molar-refractivity contribution in [3.8, 4) is 0 Å². The van der Waals surface area contributed by atoms with E-state index >= 15 is 0 Å². The van der Waals surface area contributed by atoms with Crippen LogP contribution in [-0.4, -0.2) is 8.80 Å². The van der Waals surface area contributed by atoms with E-state index in [-0.39, 0.29) is 0 Å². The van der Waals surface area contributed by atoms with E-state index in [0.717, 1.165) is 17.4 Å². The summed E-state index contributed by atoms with van der Waals surface area (Å²) in [6.45, 7) is 2.30. The third-order valence-corrected chi connectivity index (χ3v) is 10.6. The molecule has 3 rings (SSSR count). The predicted molar refractivity (Wildman–Crippen MR) is 109 cm³/mol. The smallest absolute Gasteiger partial charge is 0.159 e. The molecule has 1 heterocycles. The lowest BCUT2D eigenvalue weighted by Gasteiger charge is -2.31. The summed E-state index contributed by atoms with van der Waals surface area (Å²) in [4.78, 5) is 0. The van der Waals surface area contributed by atoms with Crippen LogP contribution in [-0.2, 0) is 0 Å². The minimum absolute atomic E-state index is 0.461. The van der Waals surface area contributed by atoms with Gasteiger partial charge in [0.1, 0.15) is 0 Å². The highest BCUT2D eigenvalue weighted by molar-refractivity contribution is 6.59. The highest BCUT2D eigenvalue weighted by Crippen LogP contribution is 2.38. The molecule has 0 unspecified atom stereocenters. The van der Waals surface area contributed by atoms with Gasteiger partial charge in [0.2, 0.25) is 0 Å². The summed E-state index contributed by atoms with van der Waals surface area (Å²) >= 11 is 0. The van der Waals surface area contributed by atoms with Crippen LogP contribution < -0.4 is 0 Å². The minimum Gasteiger partial charge on any atom is -0.204 e. The first kappa shape index (κ1) is 20.0. The van der Waals surface area contributed by atoms with Gasteiger partial charge in [-0.1, -0.05) is 82.5 Å². The fourth-order valence-corrected chi connectivity index (χ4v) is 8.88. The topological polar surface area (TPSA) is 0 Å². The van der Waals surface area contributed by atoms with Crippen LogP contribution in [0.4, 0.5) is 8.78 Å². The van der Waals surface area contributed by atoms with Crippen LogP contribution in [0, 0.1) is 23.5 Å². The van der Waals surface area contributed by atoms with Crippen LogP contribution in [0.3, 0.4) is 0 Å². The molecule has 1 aliphatic carbocycles. The molecule has 1 saturated carbocycles. The first-order valence-electron chi connectivity index (χ1n) is 11.1. The van der Waals surface area contributed by atoms with Gasteiger partial charge in [-0.2, -0.15) is 0 Å². The Labute approximate surface area is 160 Å². The third-order valence-electron chi connectivity index (χ3n) is 7.18. The van der Waals surface area contributed by atoms with Gasteiger partial charge < -0.3 is 0 Å². The van der Waals surface area contributed by atoms with Gasteiger partial charge in [-0.25, -0.2) is 8.78 Å². The Morgan fingerprint density at radius 2 is 1.54 bits per heavy atom. The Balaban J connectivity index is 1.35. The van der Waals surface area contributed by atoms with Crippen LogP contribution in [0.5, 0.6) is 0 Å². The second kappa shape index (κ2) is 10.0. The van der Waals surface area contributed by atoms with E-state index in [1.165, 1.54) is 94.5 Å². The van der Waals surface area contributed by atoms with Gasteiger partial charge in [0.05, 0.1) is 0 Å². The SMILES string of the molecule is CCCCC1CCC(CC[SiH]2CCC(c3ccc(F)c(F)c3)CC2)CC1. The average molecular weight is 379 g/mol.